The first kappa shape index (κ1) is 13.5. The SMILES string of the molecule is CCc1cccc(Nc2ccc(C(N)=S)c(F)c2)c1. The molecule has 0 aliphatic heterocycles. The molecule has 0 radical (unpaired) electrons. The highest BCUT2D eigenvalue weighted by Crippen LogP contribution is 2.20. The third-order valence-corrected chi connectivity index (χ3v) is 3.08. The third kappa shape index (κ3) is 3.29. The molecule has 0 unspecified atom stereocenters. The van der Waals surface area contributed by atoms with Gasteiger partial charge in [-0.15, -0.1) is 0 Å². The van der Waals surface area contributed by atoms with Crippen molar-refractivity contribution >= 4 is 28.6 Å². The summed E-state index contributed by atoms with van der Waals surface area (Å²) >= 11 is 4.77. The van der Waals surface area contributed by atoms with Gasteiger partial charge in [-0.1, -0.05) is 31.3 Å². The van der Waals surface area contributed by atoms with Crippen LogP contribution in [0.5, 0.6) is 0 Å². The van der Waals surface area contributed by atoms with Crippen LogP contribution in [0.15, 0.2) is 42.5 Å². The molecule has 19 heavy (non-hydrogen) atoms. The number of benzene rings is 2. The van der Waals surface area contributed by atoms with Gasteiger partial charge in [0.05, 0.1) is 0 Å². The second kappa shape index (κ2) is 5.80. The van der Waals surface area contributed by atoms with E-state index in [0.29, 0.717) is 5.69 Å². The Kier molecular flexibility index (Phi) is 4.12. The molecule has 0 aliphatic carbocycles. The lowest BCUT2D eigenvalue weighted by atomic mass is 10.1. The topological polar surface area (TPSA) is 38.0 Å². The standard InChI is InChI=1S/C15H15FN2S/c1-2-10-4-3-5-11(8-10)18-12-6-7-13(15(17)19)14(16)9-12/h3-9,18H,2H2,1H3,(H2,17,19). The van der Waals surface area contributed by atoms with Gasteiger partial charge in [0, 0.05) is 16.9 Å². The Morgan fingerprint density at radius 2 is 1.95 bits per heavy atom. The van der Waals surface area contributed by atoms with E-state index in [4.69, 9.17) is 18.0 Å². The largest absolute Gasteiger partial charge is 0.389 e. The van der Waals surface area contributed by atoms with Gasteiger partial charge in [-0.3, -0.25) is 0 Å². The van der Waals surface area contributed by atoms with Crippen LogP contribution < -0.4 is 11.1 Å². The molecule has 0 aromatic heterocycles. The highest BCUT2D eigenvalue weighted by Gasteiger charge is 2.06. The average Bonchev–Trinajstić information content (AvgIpc) is 2.38. The minimum absolute atomic E-state index is 0.0667. The van der Waals surface area contributed by atoms with E-state index in [0.717, 1.165) is 12.1 Å². The Hall–Kier alpha value is -1.94. The summed E-state index contributed by atoms with van der Waals surface area (Å²) < 4.78 is 13.7. The Morgan fingerprint density at radius 1 is 1.21 bits per heavy atom. The number of nitrogens with one attached hydrogen (secondary N) is 1. The van der Waals surface area contributed by atoms with Crippen LogP contribution in [0.4, 0.5) is 15.8 Å². The van der Waals surface area contributed by atoms with Gasteiger partial charge in [-0.2, -0.15) is 0 Å². The number of aryl methyl sites for hydroxylation is 1. The number of nitrogens with two attached hydrogens (primary N) is 1. The summed E-state index contributed by atoms with van der Waals surface area (Å²) in [5.74, 6) is -0.413. The number of halogens is 1. The molecule has 0 heterocycles. The van der Waals surface area contributed by atoms with Crippen molar-refractivity contribution in [2.45, 2.75) is 13.3 Å². The van der Waals surface area contributed by atoms with Crippen LogP contribution in [-0.2, 0) is 6.42 Å². The van der Waals surface area contributed by atoms with Crippen LogP contribution in [0.25, 0.3) is 0 Å². The fraction of sp³-hybridized carbons (Fsp3) is 0.133. The van der Waals surface area contributed by atoms with E-state index >= 15 is 0 Å². The van der Waals surface area contributed by atoms with E-state index in [1.165, 1.54) is 11.6 Å². The Bertz CT molecular complexity index is 611. The monoisotopic (exact) mass is 274 g/mol. The van der Waals surface area contributed by atoms with E-state index in [2.05, 4.69) is 18.3 Å². The van der Waals surface area contributed by atoms with Crippen LogP contribution in [0.2, 0.25) is 0 Å². The van der Waals surface area contributed by atoms with Crippen molar-refractivity contribution in [1.82, 2.24) is 0 Å². The minimum atomic E-state index is -0.413. The summed E-state index contributed by atoms with van der Waals surface area (Å²) in [5, 5.41) is 3.16. The van der Waals surface area contributed by atoms with Crippen LogP contribution in [0, 0.1) is 5.82 Å². The van der Waals surface area contributed by atoms with E-state index in [1.807, 2.05) is 18.2 Å². The van der Waals surface area contributed by atoms with Gasteiger partial charge < -0.3 is 11.1 Å². The third-order valence-electron chi connectivity index (χ3n) is 2.86. The molecule has 0 fully saturated rings. The molecule has 2 rings (SSSR count). The van der Waals surface area contributed by atoms with Gasteiger partial charge in [0.25, 0.3) is 0 Å². The van der Waals surface area contributed by atoms with Crippen molar-refractivity contribution in [2.75, 3.05) is 5.32 Å². The van der Waals surface area contributed by atoms with Gasteiger partial charge in [-0.05, 0) is 42.3 Å². The minimum Gasteiger partial charge on any atom is -0.389 e. The van der Waals surface area contributed by atoms with Gasteiger partial charge >= 0.3 is 0 Å². The molecular formula is C15H15FN2S. The Labute approximate surface area is 117 Å². The molecule has 0 saturated heterocycles. The Balaban J connectivity index is 2.23. The summed E-state index contributed by atoms with van der Waals surface area (Å²) in [6, 6.07) is 12.8. The van der Waals surface area contributed by atoms with Crippen LogP contribution in [0.3, 0.4) is 0 Å². The fourth-order valence-electron chi connectivity index (χ4n) is 1.83. The average molecular weight is 274 g/mol. The second-order valence-corrected chi connectivity index (χ2v) is 4.68. The number of thiocarbonyl (C=S) groups is 1. The van der Waals surface area contributed by atoms with Crippen molar-refractivity contribution in [3.63, 3.8) is 0 Å². The maximum atomic E-state index is 13.7. The molecule has 0 aliphatic rings. The molecule has 0 spiro atoms. The quantitative estimate of drug-likeness (QED) is 0.834. The second-order valence-electron chi connectivity index (χ2n) is 4.24. The predicted octanol–water partition coefficient (Wildman–Crippen LogP) is 3.77. The smallest absolute Gasteiger partial charge is 0.135 e. The first-order valence-corrected chi connectivity index (χ1v) is 6.46. The fourth-order valence-corrected chi connectivity index (χ4v) is 1.99. The predicted molar refractivity (Wildman–Crippen MR) is 81.4 cm³/mol. The first-order chi connectivity index (χ1) is 9.10. The lowest BCUT2D eigenvalue weighted by molar-refractivity contribution is 0.626. The summed E-state index contributed by atoms with van der Waals surface area (Å²) in [6.07, 6.45) is 0.963. The van der Waals surface area contributed by atoms with E-state index in [-0.39, 0.29) is 10.6 Å². The number of anilines is 2. The normalized spacial score (nSPS) is 10.2. The van der Waals surface area contributed by atoms with Gasteiger partial charge in [0.1, 0.15) is 10.8 Å². The number of rotatable bonds is 4. The molecule has 2 nitrogen and oxygen atoms in total. The molecule has 2 aromatic carbocycles. The van der Waals surface area contributed by atoms with Crippen molar-refractivity contribution in [3.8, 4) is 0 Å². The first-order valence-electron chi connectivity index (χ1n) is 6.05. The summed E-state index contributed by atoms with van der Waals surface area (Å²) in [7, 11) is 0. The van der Waals surface area contributed by atoms with Crippen LogP contribution in [0.1, 0.15) is 18.1 Å². The maximum Gasteiger partial charge on any atom is 0.135 e. The lowest BCUT2D eigenvalue weighted by Gasteiger charge is -2.09. The number of hydrogen-bond donors (Lipinski definition) is 2. The zero-order valence-electron chi connectivity index (χ0n) is 10.6. The van der Waals surface area contributed by atoms with Gasteiger partial charge in [0.15, 0.2) is 0 Å². The summed E-state index contributed by atoms with van der Waals surface area (Å²) in [4.78, 5) is 0.0667. The van der Waals surface area contributed by atoms with Crippen molar-refractivity contribution in [1.29, 1.82) is 0 Å². The molecule has 0 amide bonds. The molecule has 4 heteroatoms. The van der Waals surface area contributed by atoms with E-state index in [9.17, 15) is 4.39 Å². The lowest BCUT2D eigenvalue weighted by Crippen LogP contribution is -2.11. The number of hydrogen-bond acceptors (Lipinski definition) is 2. The molecule has 0 saturated carbocycles. The van der Waals surface area contributed by atoms with Crippen molar-refractivity contribution in [3.05, 3.63) is 59.4 Å². The zero-order valence-corrected chi connectivity index (χ0v) is 11.4. The molecular weight excluding hydrogens is 259 g/mol. The molecule has 0 atom stereocenters. The van der Waals surface area contributed by atoms with E-state index in [1.54, 1.807) is 12.1 Å². The van der Waals surface area contributed by atoms with E-state index < -0.39 is 5.82 Å². The van der Waals surface area contributed by atoms with Gasteiger partial charge in [0.2, 0.25) is 0 Å². The highest BCUT2D eigenvalue weighted by atomic mass is 32.1. The van der Waals surface area contributed by atoms with Crippen molar-refractivity contribution < 1.29 is 4.39 Å². The Morgan fingerprint density at radius 3 is 2.58 bits per heavy atom. The zero-order chi connectivity index (χ0) is 13.8. The molecule has 0 bridgehead atoms. The molecule has 3 N–H and O–H groups in total. The van der Waals surface area contributed by atoms with Crippen LogP contribution >= 0.6 is 12.2 Å². The van der Waals surface area contributed by atoms with Gasteiger partial charge in [-0.25, -0.2) is 4.39 Å². The molecule has 98 valence electrons. The maximum absolute atomic E-state index is 13.7. The van der Waals surface area contributed by atoms with Crippen LogP contribution in [-0.4, -0.2) is 4.99 Å². The summed E-state index contributed by atoms with van der Waals surface area (Å²) in [6.45, 7) is 2.09. The summed E-state index contributed by atoms with van der Waals surface area (Å²) in [5.41, 5.74) is 8.52. The highest BCUT2D eigenvalue weighted by molar-refractivity contribution is 7.80. The molecule has 2 aromatic rings. The van der Waals surface area contributed by atoms with Crippen molar-refractivity contribution in [2.24, 2.45) is 5.73 Å².